The summed E-state index contributed by atoms with van der Waals surface area (Å²) in [5, 5.41) is 15.0. The number of unbranched alkanes of at least 4 members (excludes halogenated alkanes) is 1. The van der Waals surface area contributed by atoms with Crippen LogP contribution in [-0.2, 0) is 0 Å². The number of carbonyl (C=O) groups is 1. The van der Waals surface area contributed by atoms with Gasteiger partial charge in [0.25, 0.3) is 0 Å². The van der Waals surface area contributed by atoms with Crippen molar-refractivity contribution < 1.29 is 9.90 Å². The number of thioether (sulfide) groups is 1. The number of aliphatic hydroxyl groups excluding tert-OH is 1. The van der Waals surface area contributed by atoms with Crippen LogP contribution in [0.2, 0.25) is 0 Å². The summed E-state index contributed by atoms with van der Waals surface area (Å²) in [7, 11) is 0. The summed E-state index contributed by atoms with van der Waals surface area (Å²) in [6.07, 6.45) is 6.29. The fourth-order valence-electron chi connectivity index (χ4n) is 2.91. The summed E-state index contributed by atoms with van der Waals surface area (Å²) in [6.45, 7) is 3.02. The van der Waals surface area contributed by atoms with Gasteiger partial charge in [-0.25, -0.2) is 4.79 Å². The van der Waals surface area contributed by atoms with Crippen molar-refractivity contribution in [3.63, 3.8) is 0 Å². The van der Waals surface area contributed by atoms with Crippen LogP contribution < -0.4 is 10.6 Å². The van der Waals surface area contributed by atoms with Crippen molar-refractivity contribution in [2.75, 3.05) is 37.8 Å². The van der Waals surface area contributed by atoms with Crippen molar-refractivity contribution in [2.24, 2.45) is 0 Å². The number of amides is 2. The Hall–Kier alpha value is -1.24. The van der Waals surface area contributed by atoms with Gasteiger partial charge in [-0.1, -0.05) is 6.07 Å². The number of anilines is 1. The third-order valence-electron chi connectivity index (χ3n) is 4.20. The maximum absolute atomic E-state index is 11.9. The number of benzene rings is 1. The average molecular weight is 337 g/mol. The van der Waals surface area contributed by atoms with Crippen molar-refractivity contribution in [3.8, 4) is 0 Å². The highest BCUT2D eigenvalue weighted by Crippen LogP contribution is 2.19. The monoisotopic (exact) mass is 337 g/mol. The van der Waals surface area contributed by atoms with Crippen LogP contribution in [0.25, 0.3) is 0 Å². The summed E-state index contributed by atoms with van der Waals surface area (Å²) >= 11 is 1.65. The summed E-state index contributed by atoms with van der Waals surface area (Å²) in [5.74, 6) is 0. The quantitative estimate of drug-likeness (QED) is 0.504. The predicted molar refractivity (Wildman–Crippen MR) is 96.2 cm³/mol. The zero-order chi connectivity index (χ0) is 16.5. The minimum Gasteiger partial charge on any atom is -0.395 e. The standard InChI is InChI=1S/C17H27N3O2S/c1-23-16-8-4-6-14(12-16)19-17(22)18-9-2-3-10-20-11-5-7-15(20)13-21/h4,6,8,12,15,21H,2-3,5,7,9-11,13H2,1H3,(H2,18,19,22). The van der Waals surface area contributed by atoms with E-state index in [0.717, 1.165) is 42.9 Å². The molecule has 0 spiro atoms. The van der Waals surface area contributed by atoms with Gasteiger partial charge in [0.05, 0.1) is 6.61 Å². The fourth-order valence-corrected chi connectivity index (χ4v) is 3.37. The van der Waals surface area contributed by atoms with Gasteiger partial charge in [-0.3, -0.25) is 4.90 Å². The Bertz CT molecular complexity index is 498. The molecule has 0 aromatic heterocycles. The summed E-state index contributed by atoms with van der Waals surface area (Å²) < 4.78 is 0. The number of hydrogen-bond acceptors (Lipinski definition) is 4. The van der Waals surface area contributed by atoms with Crippen LogP contribution in [0.4, 0.5) is 10.5 Å². The molecule has 23 heavy (non-hydrogen) atoms. The molecule has 0 radical (unpaired) electrons. The highest BCUT2D eigenvalue weighted by Gasteiger charge is 2.22. The molecule has 2 rings (SSSR count). The Morgan fingerprint density at radius 1 is 1.43 bits per heavy atom. The SMILES string of the molecule is CSc1cccc(NC(=O)NCCCCN2CCCC2CO)c1. The molecular weight excluding hydrogens is 310 g/mol. The molecule has 1 fully saturated rings. The molecular formula is C17H27N3O2S. The minimum atomic E-state index is -0.155. The molecule has 2 amide bonds. The van der Waals surface area contributed by atoms with Gasteiger partial charge < -0.3 is 15.7 Å². The summed E-state index contributed by atoms with van der Waals surface area (Å²) in [5.41, 5.74) is 0.817. The van der Waals surface area contributed by atoms with E-state index >= 15 is 0 Å². The maximum atomic E-state index is 11.9. The Balaban J connectivity index is 1.59. The van der Waals surface area contributed by atoms with Gasteiger partial charge >= 0.3 is 6.03 Å². The molecule has 0 aliphatic carbocycles. The lowest BCUT2D eigenvalue weighted by Crippen LogP contribution is -2.34. The molecule has 1 aromatic rings. The molecule has 0 bridgehead atoms. The first kappa shape index (κ1) is 18.1. The lowest BCUT2D eigenvalue weighted by Gasteiger charge is -2.22. The number of nitrogens with one attached hydrogen (secondary N) is 2. The van der Waals surface area contributed by atoms with Crippen LogP contribution >= 0.6 is 11.8 Å². The summed E-state index contributed by atoms with van der Waals surface area (Å²) in [4.78, 5) is 15.3. The largest absolute Gasteiger partial charge is 0.395 e. The molecule has 0 saturated carbocycles. The second-order valence-electron chi connectivity index (χ2n) is 5.83. The number of urea groups is 1. The molecule has 1 aromatic carbocycles. The molecule has 5 nitrogen and oxygen atoms in total. The van der Waals surface area contributed by atoms with E-state index in [9.17, 15) is 9.90 Å². The second-order valence-corrected chi connectivity index (χ2v) is 6.71. The molecule has 1 unspecified atom stereocenters. The highest BCUT2D eigenvalue weighted by molar-refractivity contribution is 7.98. The zero-order valence-electron chi connectivity index (χ0n) is 13.8. The van der Waals surface area contributed by atoms with Crippen LogP contribution in [0.3, 0.4) is 0 Å². The second kappa shape index (κ2) is 9.80. The molecule has 1 atom stereocenters. The Morgan fingerprint density at radius 3 is 3.09 bits per heavy atom. The van der Waals surface area contributed by atoms with Gasteiger partial charge in [0, 0.05) is 23.2 Å². The lowest BCUT2D eigenvalue weighted by molar-refractivity contribution is 0.157. The highest BCUT2D eigenvalue weighted by atomic mass is 32.2. The zero-order valence-corrected chi connectivity index (χ0v) is 14.6. The van der Waals surface area contributed by atoms with E-state index in [1.807, 2.05) is 30.5 Å². The maximum Gasteiger partial charge on any atom is 0.319 e. The molecule has 6 heteroatoms. The van der Waals surface area contributed by atoms with Gasteiger partial charge in [-0.15, -0.1) is 11.8 Å². The topological polar surface area (TPSA) is 64.6 Å². The van der Waals surface area contributed by atoms with Gasteiger partial charge in [0.15, 0.2) is 0 Å². The van der Waals surface area contributed by atoms with Gasteiger partial charge in [-0.05, 0) is 63.2 Å². The van der Waals surface area contributed by atoms with Crippen LogP contribution in [-0.4, -0.2) is 54.6 Å². The van der Waals surface area contributed by atoms with Crippen molar-refractivity contribution in [1.29, 1.82) is 0 Å². The van der Waals surface area contributed by atoms with E-state index in [4.69, 9.17) is 0 Å². The molecule has 128 valence electrons. The third kappa shape index (κ3) is 6.05. The number of rotatable bonds is 8. The average Bonchev–Trinajstić information content (AvgIpc) is 3.02. The van der Waals surface area contributed by atoms with E-state index in [-0.39, 0.29) is 12.6 Å². The molecule has 3 N–H and O–H groups in total. The van der Waals surface area contributed by atoms with Crippen LogP contribution in [0.1, 0.15) is 25.7 Å². The van der Waals surface area contributed by atoms with E-state index in [0.29, 0.717) is 12.6 Å². The number of likely N-dealkylation sites (tertiary alicyclic amines) is 1. The Kier molecular flexibility index (Phi) is 7.71. The van der Waals surface area contributed by atoms with Crippen molar-refractivity contribution in [2.45, 2.75) is 36.6 Å². The van der Waals surface area contributed by atoms with Crippen molar-refractivity contribution in [1.82, 2.24) is 10.2 Å². The molecule has 1 aliphatic heterocycles. The van der Waals surface area contributed by atoms with Crippen molar-refractivity contribution in [3.05, 3.63) is 24.3 Å². The van der Waals surface area contributed by atoms with E-state index in [1.165, 1.54) is 6.42 Å². The van der Waals surface area contributed by atoms with E-state index in [2.05, 4.69) is 15.5 Å². The summed E-state index contributed by atoms with van der Waals surface area (Å²) in [6, 6.07) is 8.00. The van der Waals surface area contributed by atoms with E-state index < -0.39 is 0 Å². The lowest BCUT2D eigenvalue weighted by atomic mass is 10.2. The van der Waals surface area contributed by atoms with Crippen molar-refractivity contribution >= 4 is 23.5 Å². The van der Waals surface area contributed by atoms with E-state index in [1.54, 1.807) is 11.8 Å². The van der Waals surface area contributed by atoms with Gasteiger partial charge in [0.1, 0.15) is 0 Å². The number of hydrogen-bond donors (Lipinski definition) is 3. The Morgan fingerprint density at radius 2 is 2.30 bits per heavy atom. The predicted octanol–water partition coefficient (Wildman–Crippen LogP) is 2.77. The third-order valence-corrected chi connectivity index (χ3v) is 4.92. The normalized spacial score (nSPS) is 18.1. The Labute approximate surface area is 142 Å². The van der Waals surface area contributed by atoms with Crippen LogP contribution in [0.5, 0.6) is 0 Å². The smallest absolute Gasteiger partial charge is 0.319 e. The first-order chi connectivity index (χ1) is 11.2. The first-order valence-electron chi connectivity index (χ1n) is 8.26. The van der Waals surface area contributed by atoms with Gasteiger partial charge in [0.2, 0.25) is 0 Å². The number of aliphatic hydroxyl groups is 1. The number of carbonyl (C=O) groups excluding carboxylic acids is 1. The number of nitrogens with zero attached hydrogens (tertiary/aromatic N) is 1. The van der Waals surface area contributed by atoms with Gasteiger partial charge in [-0.2, -0.15) is 0 Å². The first-order valence-corrected chi connectivity index (χ1v) is 9.49. The molecule has 1 saturated heterocycles. The van der Waals surface area contributed by atoms with Crippen LogP contribution in [0, 0.1) is 0 Å². The molecule has 1 aliphatic rings. The fraction of sp³-hybridized carbons (Fsp3) is 0.588. The minimum absolute atomic E-state index is 0.155. The molecule has 1 heterocycles. The van der Waals surface area contributed by atoms with Crippen LogP contribution in [0.15, 0.2) is 29.2 Å².